The molecule has 2 rings (SSSR count). The molecule has 0 amide bonds. The normalized spacial score (nSPS) is 7.64. The van der Waals surface area contributed by atoms with Gasteiger partial charge in [0.1, 0.15) is 5.40 Å². The van der Waals surface area contributed by atoms with Crippen molar-refractivity contribution in [2.45, 2.75) is 4.90 Å². The Bertz CT molecular complexity index is 315. The van der Waals surface area contributed by atoms with E-state index in [1.54, 1.807) is 0 Å². The zero-order valence-electron chi connectivity index (χ0n) is 7.41. The molecule has 0 saturated carbocycles. The van der Waals surface area contributed by atoms with Crippen molar-refractivity contribution in [1.82, 2.24) is 0 Å². The Morgan fingerprint density at radius 2 is 1.86 bits per heavy atom. The first-order valence-electron chi connectivity index (χ1n) is 3.88. The minimum atomic E-state index is 0. The van der Waals surface area contributed by atoms with Crippen molar-refractivity contribution in [2.24, 2.45) is 0 Å². The van der Waals surface area contributed by atoms with Crippen LogP contribution in [0.3, 0.4) is 0 Å². The SMILES string of the molecule is N#CSc1ccc[cH-]1.[Fe+2].c1cc[cH-]c1. The predicted octanol–water partition coefficient (Wildman–Crippen LogP) is 3.38. The summed E-state index contributed by atoms with van der Waals surface area (Å²) in [5.41, 5.74) is 0. The van der Waals surface area contributed by atoms with Crippen LogP contribution in [0.4, 0.5) is 0 Å². The van der Waals surface area contributed by atoms with Gasteiger partial charge in [-0.05, 0) is 11.8 Å². The summed E-state index contributed by atoms with van der Waals surface area (Å²) in [6.45, 7) is 0. The number of hydrogen-bond donors (Lipinski definition) is 0. The standard InChI is InChI=1S/C6H4NS.C5H5.Fe/c7-5-8-6-3-1-2-4-6;1-2-4-5-3-1;/h1-4H;1-5H;/q2*-1;+2. The van der Waals surface area contributed by atoms with Crippen LogP contribution in [-0.2, 0) is 17.1 Å². The number of thioether (sulfide) groups is 1. The molecular formula is C11H9FeNS. The largest absolute Gasteiger partial charge is 2.00 e. The van der Waals surface area contributed by atoms with Crippen molar-refractivity contribution in [2.75, 3.05) is 0 Å². The number of hydrogen-bond acceptors (Lipinski definition) is 2. The van der Waals surface area contributed by atoms with E-state index in [-0.39, 0.29) is 17.1 Å². The average molecular weight is 243 g/mol. The molecule has 0 saturated heterocycles. The van der Waals surface area contributed by atoms with Crippen LogP contribution < -0.4 is 0 Å². The van der Waals surface area contributed by atoms with Crippen LogP contribution >= 0.6 is 11.8 Å². The van der Waals surface area contributed by atoms with Crippen molar-refractivity contribution in [1.29, 1.82) is 5.26 Å². The maximum Gasteiger partial charge on any atom is 2.00 e. The van der Waals surface area contributed by atoms with E-state index in [2.05, 4.69) is 0 Å². The molecule has 0 heterocycles. The summed E-state index contributed by atoms with van der Waals surface area (Å²) in [6.07, 6.45) is 0. The van der Waals surface area contributed by atoms with Gasteiger partial charge in [-0.1, -0.05) is 4.90 Å². The zero-order chi connectivity index (χ0) is 9.36. The van der Waals surface area contributed by atoms with Crippen LogP contribution in [-0.4, -0.2) is 0 Å². The van der Waals surface area contributed by atoms with E-state index in [1.807, 2.05) is 60.0 Å². The van der Waals surface area contributed by atoms with Crippen LogP contribution in [0.5, 0.6) is 0 Å². The molecule has 0 N–H and O–H groups in total. The van der Waals surface area contributed by atoms with Crippen molar-refractivity contribution in [3.63, 3.8) is 0 Å². The summed E-state index contributed by atoms with van der Waals surface area (Å²) in [5.74, 6) is 0. The summed E-state index contributed by atoms with van der Waals surface area (Å²) < 4.78 is 0. The molecule has 1 nitrogen and oxygen atoms in total. The number of nitriles is 1. The summed E-state index contributed by atoms with van der Waals surface area (Å²) in [7, 11) is 0. The fraction of sp³-hybridized carbons (Fsp3) is 0. The minimum absolute atomic E-state index is 0. The molecule has 72 valence electrons. The molecule has 2 aromatic rings. The third kappa shape index (κ3) is 5.66. The first kappa shape index (κ1) is 13.1. The van der Waals surface area contributed by atoms with E-state index in [4.69, 9.17) is 5.26 Å². The van der Waals surface area contributed by atoms with Gasteiger partial charge >= 0.3 is 17.1 Å². The summed E-state index contributed by atoms with van der Waals surface area (Å²) in [4.78, 5) is 1.02. The summed E-state index contributed by atoms with van der Waals surface area (Å²) >= 11 is 1.19. The molecule has 2 aromatic carbocycles. The first-order valence-corrected chi connectivity index (χ1v) is 4.69. The molecule has 0 aliphatic rings. The predicted molar refractivity (Wildman–Crippen MR) is 55.5 cm³/mol. The molecule has 0 unspecified atom stereocenters. The monoisotopic (exact) mass is 243 g/mol. The molecule has 0 bridgehead atoms. The van der Waals surface area contributed by atoms with Gasteiger partial charge in [-0.2, -0.15) is 41.7 Å². The third-order valence-electron chi connectivity index (χ3n) is 1.35. The maximum absolute atomic E-state index is 8.15. The Labute approximate surface area is 98.9 Å². The second-order valence-corrected chi connectivity index (χ2v) is 3.13. The van der Waals surface area contributed by atoms with Gasteiger partial charge in [-0.25, -0.2) is 18.2 Å². The van der Waals surface area contributed by atoms with Crippen LogP contribution in [0.1, 0.15) is 0 Å². The molecule has 0 aliphatic heterocycles. The van der Waals surface area contributed by atoms with Crippen molar-refractivity contribution in [3.8, 4) is 5.40 Å². The van der Waals surface area contributed by atoms with E-state index in [0.29, 0.717) is 0 Å². The van der Waals surface area contributed by atoms with Gasteiger partial charge in [0.2, 0.25) is 0 Å². The van der Waals surface area contributed by atoms with Crippen LogP contribution in [0, 0.1) is 10.7 Å². The van der Waals surface area contributed by atoms with E-state index >= 15 is 0 Å². The molecule has 3 heteroatoms. The van der Waals surface area contributed by atoms with Gasteiger partial charge in [-0.15, -0.1) is 0 Å². The van der Waals surface area contributed by atoms with Gasteiger partial charge in [0.15, 0.2) is 0 Å². The van der Waals surface area contributed by atoms with Crippen molar-refractivity contribution in [3.05, 3.63) is 54.6 Å². The minimum Gasteiger partial charge on any atom is -0.214 e. The Morgan fingerprint density at radius 3 is 2.21 bits per heavy atom. The van der Waals surface area contributed by atoms with Gasteiger partial charge in [0, 0.05) is 0 Å². The smallest absolute Gasteiger partial charge is 0.214 e. The van der Waals surface area contributed by atoms with E-state index in [1.165, 1.54) is 11.8 Å². The molecular weight excluding hydrogens is 234 g/mol. The summed E-state index contributed by atoms with van der Waals surface area (Å²) in [5, 5.41) is 10.1. The van der Waals surface area contributed by atoms with Crippen LogP contribution in [0.15, 0.2) is 59.5 Å². The molecule has 0 fully saturated rings. The van der Waals surface area contributed by atoms with E-state index in [9.17, 15) is 0 Å². The quantitative estimate of drug-likeness (QED) is 0.332. The van der Waals surface area contributed by atoms with Gasteiger partial charge in [-0.3, -0.25) is 0 Å². The Hall–Kier alpha value is -0.941. The average Bonchev–Trinajstić information content (AvgIpc) is 2.79. The second-order valence-electron chi connectivity index (χ2n) is 2.28. The second kappa shape index (κ2) is 8.65. The Balaban J connectivity index is 0.000000246. The maximum atomic E-state index is 8.15. The Morgan fingerprint density at radius 1 is 1.14 bits per heavy atom. The fourth-order valence-corrected chi connectivity index (χ4v) is 1.20. The van der Waals surface area contributed by atoms with Crippen molar-refractivity contribution >= 4 is 11.8 Å². The van der Waals surface area contributed by atoms with Crippen LogP contribution in [0.2, 0.25) is 0 Å². The molecule has 0 aliphatic carbocycles. The van der Waals surface area contributed by atoms with Crippen molar-refractivity contribution < 1.29 is 17.1 Å². The molecule has 14 heavy (non-hydrogen) atoms. The third-order valence-corrected chi connectivity index (χ3v) is 1.95. The van der Waals surface area contributed by atoms with Gasteiger partial charge in [0.25, 0.3) is 0 Å². The van der Waals surface area contributed by atoms with Gasteiger partial charge < -0.3 is 0 Å². The molecule has 0 spiro atoms. The molecule has 0 radical (unpaired) electrons. The molecule has 0 atom stereocenters. The van der Waals surface area contributed by atoms with Gasteiger partial charge in [0.05, 0.1) is 0 Å². The first-order chi connectivity index (χ1) is 6.43. The summed E-state index contributed by atoms with van der Waals surface area (Å²) in [6, 6.07) is 17.7. The Kier molecular flexibility index (Phi) is 8.07. The van der Waals surface area contributed by atoms with E-state index < -0.39 is 0 Å². The molecule has 0 aromatic heterocycles. The topological polar surface area (TPSA) is 23.8 Å². The zero-order valence-corrected chi connectivity index (χ0v) is 9.33. The fourth-order valence-electron chi connectivity index (χ4n) is 0.798. The van der Waals surface area contributed by atoms with E-state index in [0.717, 1.165) is 4.90 Å². The number of rotatable bonds is 1. The van der Waals surface area contributed by atoms with Crippen LogP contribution in [0.25, 0.3) is 0 Å². The number of nitrogens with zero attached hydrogens (tertiary/aromatic N) is 1. The number of thiocyanates is 1.